The van der Waals surface area contributed by atoms with Crippen LogP contribution in [-0.4, -0.2) is 5.91 Å². The van der Waals surface area contributed by atoms with Crippen LogP contribution in [0.5, 0.6) is 0 Å². The summed E-state index contributed by atoms with van der Waals surface area (Å²) < 4.78 is 12.7. The maximum Gasteiger partial charge on any atom is 0.250 e. The minimum Gasteiger partial charge on any atom is -0.366 e. The molecule has 0 atom stereocenters. The standard InChI is InChI=1S/C8H6BrClFNO/c9-6-2-4(3-11)1-5(7(6)10)8(12)13/h1-2H,3H2,(H2,12,13). The number of halogens is 3. The molecule has 70 valence electrons. The van der Waals surface area contributed by atoms with Gasteiger partial charge in [0, 0.05) is 4.47 Å². The number of amides is 1. The molecule has 0 aliphatic rings. The van der Waals surface area contributed by atoms with E-state index in [4.69, 9.17) is 17.3 Å². The van der Waals surface area contributed by atoms with Gasteiger partial charge in [-0.05, 0) is 33.6 Å². The molecular weight excluding hydrogens is 260 g/mol. The summed E-state index contributed by atoms with van der Waals surface area (Å²) in [6, 6.07) is 2.85. The summed E-state index contributed by atoms with van der Waals surface area (Å²) in [6.45, 7) is -0.657. The average Bonchev–Trinajstić information content (AvgIpc) is 2.09. The Labute approximate surface area is 88.0 Å². The zero-order valence-corrected chi connectivity index (χ0v) is 8.82. The van der Waals surface area contributed by atoms with Crippen LogP contribution in [0.4, 0.5) is 4.39 Å². The molecule has 1 amide bonds. The largest absolute Gasteiger partial charge is 0.366 e. The van der Waals surface area contributed by atoms with E-state index in [1.165, 1.54) is 12.1 Å². The first kappa shape index (κ1) is 10.5. The van der Waals surface area contributed by atoms with Gasteiger partial charge in [-0.3, -0.25) is 4.79 Å². The van der Waals surface area contributed by atoms with E-state index in [0.717, 1.165) is 0 Å². The summed E-state index contributed by atoms with van der Waals surface area (Å²) in [4.78, 5) is 10.8. The molecule has 13 heavy (non-hydrogen) atoms. The third-order valence-corrected chi connectivity index (χ3v) is 2.77. The molecule has 0 bridgehead atoms. The number of alkyl halides is 1. The third-order valence-electron chi connectivity index (χ3n) is 1.51. The quantitative estimate of drug-likeness (QED) is 0.878. The van der Waals surface area contributed by atoms with Crippen molar-refractivity contribution in [2.45, 2.75) is 6.67 Å². The number of benzene rings is 1. The molecule has 0 aliphatic heterocycles. The molecular formula is C8H6BrClFNO. The van der Waals surface area contributed by atoms with E-state index in [1.54, 1.807) is 0 Å². The summed E-state index contributed by atoms with van der Waals surface area (Å²) in [6.07, 6.45) is 0. The predicted octanol–water partition coefficient (Wildman–Crippen LogP) is 2.67. The van der Waals surface area contributed by atoms with Crippen molar-refractivity contribution < 1.29 is 9.18 Å². The molecule has 0 aliphatic carbocycles. The lowest BCUT2D eigenvalue weighted by Crippen LogP contribution is -2.12. The molecule has 2 nitrogen and oxygen atoms in total. The smallest absolute Gasteiger partial charge is 0.250 e. The van der Waals surface area contributed by atoms with Crippen molar-refractivity contribution in [1.29, 1.82) is 0 Å². The normalized spacial score (nSPS) is 10.1. The van der Waals surface area contributed by atoms with Crippen molar-refractivity contribution in [2.75, 3.05) is 0 Å². The van der Waals surface area contributed by atoms with Crippen LogP contribution in [0.2, 0.25) is 5.02 Å². The van der Waals surface area contributed by atoms with E-state index in [0.29, 0.717) is 10.0 Å². The third kappa shape index (κ3) is 2.19. The molecule has 0 heterocycles. The van der Waals surface area contributed by atoms with Gasteiger partial charge in [-0.25, -0.2) is 4.39 Å². The van der Waals surface area contributed by atoms with E-state index >= 15 is 0 Å². The van der Waals surface area contributed by atoms with Crippen LogP contribution < -0.4 is 5.73 Å². The van der Waals surface area contributed by atoms with Gasteiger partial charge in [0.2, 0.25) is 5.91 Å². The van der Waals surface area contributed by atoms with Gasteiger partial charge in [-0.2, -0.15) is 0 Å². The van der Waals surface area contributed by atoms with E-state index in [-0.39, 0.29) is 10.6 Å². The molecule has 0 saturated heterocycles. The highest BCUT2D eigenvalue weighted by molar-refractivity contribution is 9.10. The molecule has 2 N–H and O–H groups in total. The lowest BCUT2D eigenvalue weighted by atomic mass is 10.1. The molecule has 1 rings (SSSR count). The summed E-state index contributed by atoms with van der Waals surface area (Å²) in [5, 5.41) is 0.213. The number of hydrogen-bond acceptors (Lipinski definition) is 1. The Morgan fingerprint density at radius 2 is 2.23 bits per heavy atom. The zero-order valence-electron chi connectivity index (χ0n) is 6.48. The second-order valence-corrected chi connectivity index (χ2v) is 3.67. The SMILES string of the molecule is NC(=O)c1cc(CF)cc(Br)c1Cl. The molecule has 0 unspecified atom stereocenters. The van der Waals surface area contributed by atoms with Crippen molar-refractivity contribution in [3.05, 3.63) is 32.8 Å². The van der Waals surface area contributed by atoms with Gasteiger partial charge in [0.15, 0.2) is 0 Å². The number of nitrogens with two attached hydrogens (primary N) is 1. The lowest BCUT2D eigenvalue weighted by molar-refractivity contribution is 0.100. The molecule has 1 aromatic carbocycles. The van der Waals surface area contributed by atoms with Crippen LogP contribution in [-0.2, 0) is 6.67 Å². The molecule has 0 radical (unpaired) electrons. The fraction of sp³-hybridized carbons (Fsp3) is 0.125. The van der Waals surface area contributed by atoms with E-state index in [9.17, 15) is 9.18 Å². The van der Waals surface area contributed by atoms with Gasteiger partial charge < -0.3 is 5.73 Å². The lowest BCUT2D eigenvalue weighted by Gasteiger charge is -2.04. The molecule has 0 saturated carbocycles. The molecule has 5 heteroatoms. The average molecular weight is 266 g/mol. The fourth-order valence-electron chi connectivity index (χ4n) is 0.902. The van der Waals surface area contributed by atoms with Gasteiger partial charge in [0.25, 0.3) is 0 Å². The topological polar surface area (TPSA) is 43.1 Å². The minimum absolute atomic E-state index is 0.128. The van der Waals surface area contributed by atoms with E-state index < -0.39 is 12.6 Å². The number of carbonyl (C=O) groups is 1. The molecule has 1 aromatic rings. The zero-order chi connectivity index (χ0) is 10.0. The summed E-state index contributed by atoms with van der Waals surface area (Å²) >= 11 is 8.85. The first-order valence-electron chi connectivity index (χ1n) is 3.40. The van der Waals surface area contributed by atoms with Crippen LogP contribution in [0.15, 0.2) is 16.6 Å². The monoisotopic (exact) mass is 265 g/mol. The summed E-state index contributed by atoms with van der Waals surface area (Å²) in [5.74, 6) is -0.666. The Morgan fingerprint density at radius 1 is 1.62 bits per heavy atom. The van der Waals surface area contributed by atoms with Crippen LogP contribution in [0.1, 0.15) is 15.9 Å². The number of hydrogen-bond donors (Lipinski definition) is 1. The van der Waals surface area contributed by atoms with Gasteiger partial charge in [0.1, 0.15) is 6.67 Å². The van der Waals surface area contributed by atoms with Crippen LogP contribution in [0.3, 0.4) is 0 Å². The van der Waals surface area contributed by atoms with E-state index in [2.05, 4.69) is 15.9 Å². The minimum atomic E-state index is -0.666. The first-order chi connectivity index (χ1) is 6.06. The van der Waals surface area contributed by atoms with Gasteiger partial charge in [-0.1, -0.05) is 11.6 Å². The number of rotatable bonds is 2. The molecule has 0 aromatic heterocycles. The van der Waals surface area contributed by atoms with Crippen LogP contribution in [0, 0.1) is 0 Å². The Hall–Kier alpha value is -0.610. The van der Waals surface area contributed by atoms with Crippen molar-refractivity contribution in [1.82, 2.24) is 0 Å². The van der Waals surface area contributed by atoms with E-state index in [1.807, 2.05) is 0 Å². The first-order valence-corrected chi connectivity index (χ1v) is 4.57. The number of primary amides is 1. The van der Waals surface area contributed by atoms with Crippen molar-refractivity contribution >= 4 is 33.4 Å². The Morgan fingerprint density at radius 3 is 2.69 bits per heavy atom. The number of carbonyl (C=O) groups excluding carboxylic acids is 1. The van der Waals surface area contributed by atoms with Gasteiger partial charge >= 0.3 is 0 Å². The van der Waals surface area contributed by atoms with Gasteiger partial charge in [-0.15, -0.1) is 0 Å². The highest BCUT2D eigenvalue weighted by Crippen LogP contribution is 2.28. The van der Waals surface area contributed by atoms with Crippen molar-refractivity contribution in [2.24, 2.45) is 5.73 Å². The van der Waals surface area contributed by atoms with Crippen molar-refractivity contribution in [3.63, 3.8) is 0 Å². The van der Waals surface area contributed by atoms with Crippen LogP contribution >= 0.6 is 27.5 Å². The van der Waals surface area contributed by atoms with Gasteiger partial charge in [0.05, 0.1) is 10.6 Å². The van der Waals surface area contributed by atoms with Crippen LogP contribution in [0.25, 0.3) is 0 Å². The molecule has 0 spiro atoms. The highest BCUT2D eigenvalue weighted by Gasteiger charge is 2.11. The predicted molar refractivity (Wildman–Crippen MR) is 52.5 cm³/mol. The molecule has 0 fully saturated rings. The maximum atomic E-state index is 12.3. The Bertz CT molecular complexity index is 356. The second kappa shape index (κ2) is 4.07. The highest BCUT2D eigenvalue weighted by atomic mass is 79.9. The Balaban J connectivity index is 3.33. The summed E-state index contributed by atoms with van der Waals surface area (Å²) in [7, 11) is 0. The fourth-order valence-corrected chi connectivity index (χ4v) is 1.61. The maximum absolute atomic E-state index is 12.3. The van der Waals surface area contributed by atoms with Crippen molar-refractivity contribution in [3.8, 4) is 0 Å². The second-order valence-electron chi connectivity index (χ2n) is 2.44. The Kier molecular flexibility index (Phi) is 3.27. The summed E-state index contributed by atoms with van der Waals surface area (Å²) in [5.41, 5.74) is 5.53.